The van der Waals surface area contributed by atoms with Crippen LogP contribution in [0.3, 0.4) is 0 Å². The fourth-order valence-corrected chi connectivity index (χ4v) is 6.51. The van der Waals surface area contributed by atoms with Crippen LogP contribution < -0.4 is 4.31 Å². The van der Waals surface area contributed by atoms with Gasteiger partial charge in [0.2, 0.25) is 0 Å². The molecule has 0 spiro atoms. The van der Waals surface area contributed by atoms with Gasteiger partial charge in [-0.25, -0.2) is 16.8 Å². The first-order chi connectivity index (χ1) is 11.7. The third-order valence-electron chi connectivity index (χ3n) is 3.98. The van der Waals surface area contributed by atoms with Gasteiger partial charge in [-0.15, -0.1) is 0 Å². The molecule has 0 unspecified atom stereocenters. The summed E-state index contributed by atoms with van der Waals surface area (Å²) in [7, 11) is -7.61. The molecule has 2 aromatic rings. The van der Waals surface area contributed by atoms with Crippen molar-refractivity contribution in [2.45, 2.75) is 17.0 Å². The summed E-state index contributed by atoms with van der Waals surface area (Å²) in [6.45, 7) is 0. The number of nitrogens with zero attached hydrogens (tertiary/aromatic N) is 1. The molecule has 0 aromatic heterocycles. The summed E-state index contributed by atoms with van der Waals surface area (Å²) in [5, 5.41) is 10.6. The van der Waals surface area contributed by atoms with E-state index in [2.05, 4.69) is 0 Å². The number of para-hydroxylation sites is 1. The second kappa shape index (κ2) is 6.60. The second-order valence-corrected chi connectivity index (χ2v) is 10.2. The molecule has 9 heteroatoms. The van der Waals surface area contributed by atoms with Crippen molar-refractivity contribution in [2.75, 3.05) is 15.8 Å². The zero-order valence-corrected chi connectivity index (χ0v) is 15.4. The van der Waals surface area contributed by atoms with Gasteiger partial charge < -0.3 is 5.11 Å². The molecule has 1 fully saturated rings. The van der Waals surface area contributed by atoms with Crippen LogP contribution in [-0.4, -0.2) is 45.6 Å². The van der Waals surface area contributed by atoms with Crippen LogP contribution in [-0.2, 0) is 19.9 Å². The van der Waals surface area contributed by atoms with E-state index in [-0.39, 0.29) is 4.90 Å². The average molecular weight is 402 g/mol. The van der Waals surface area contributed by atoms with Gasteiger partial charge in [-0.1, -0.05) is 29.8 Å². The van der Waals surface area contributed by atoms with Crippen molar-refractivity contribution in [3.63, 3.8) is 0 Å². The zero-order chi connectivity index (χ0) is 18.2. The smallest absolute Gasteiger partial charge is 0.264 e. The first kappa shape index (κ1) is 18.2. The number of anilines is 1. The largest absolute Gasteiger partial charge is 0.390 e. The molecule has 0 radical (unpaired) electrons. The number of hydrogen-bond acceptors (Lipinski definition) is 5. The fraction of sp³-hybridized carbons (Fsp3) is 0.250. The molecular weight excluding hydrogens is 386 g/mol. The van der Waals surface area contributed by atoms with Crippen LogP contribution in [0.1, 0.15) is 0 Å². The van der Waals surface area contributed by atoms with E-state index >= 15 is 0 Å². The molecule has 1 aliphatic rings. The molecule has 0 saturated carbocycles. The lowest BCUT2D eigenvalue weighted by Crippen LogP contribution is -2.47. The van der Waals surface area contributed by atoms with Gasteiger partial charge >= 0.3 is 0 Å². The van der Waals surface area contributed by atoms with Crippen LogP contribution in [0.2, 0.25) is 5.02 Å². The van der Waals surface area contributed by atoms with E-state index in [0.29, 0.717) is 10.7 Å². The Morgan fingerprint density at radius 3 is 2.12 bits per heavy atom. The van der Waals surface area contributed by atoms with Gasteiger partial charge in [0.25, 0.3) is 10.0 Å². The highest BCUT2D eigenvalue weighted by Crippen LogP contribution is 2.31. The monoisotopic (exact) mass is 401 g/mol. The van der Waals surface area contributed by atoms with Crippen molar-refractivity contribution >= 4 is 37.1 Å². The predicted molar refractivity (Wildman–Crippen MR) is 96.0 cm³/mol. The molecule has 0 bridgehead atoms. The molecular formula is C16H16ClNO5S2. The summed E-state index contributed by atoms with van der Waals surface area (Å²) in [5.41, 5.74) is 0.290. The Labute approximate surface area is 151 Å². The number of hydrogen-bond donors (Lipinski definition) is 1. The highest BCUT2D eigenvalue weighted by Gasteiger charge is 2.44. The second-order valence-electron chi connectivity index (χ2n) is 5.80. The summed E-state index contributed by atoms with van der Waals surface area (Å²) in [6, 6.07) is 12.6. The Bertz CT molecular complexity index is 959. The van der Waals surface area contributed by atoms with Gasteiger partial charge in [0.15, 0.2) is 9.84 Å². The van der Waals surface area contributed by atoms with E-state index in [1.165, 1.54) is 24.3 Å². The standard InChI is InChI=1S/C16H16ClNO5S2/c17-12-6-8-14(9-7-12)25(22,23)18(13-4-2-1-3-5-13)15-10-24(20,21)11-16(15)19/h1-9,15-16,19H,10-11H2/t15-,16+/m1/s1. The normalized spacial score (nSPS) is 22.6. The Balaban J connectivity index is 2.13. The molecule has 2 aromatic carbocycles. The van der Waals surface area contributed by atoms with E-state index in [9.17, 15) is 21.9 Å². The Morgan fingerprint density at radius 2 is 1.60 bits per heavy atom. The van der Waals surface area contributed by atoms with Crippen molar-refractivity contribution in [2.24, 2.45) is 0 Å². The molecule has 6 nitrogen and oxygen atoms in total. The third kappa shape index (κ3) is 3.67. The van der Waals surface area contributed by atoms with E-state index < -0.39 is 43.5 Å². The first-order valence-corrected chi connectivity index (χ1v) is 11.1. The Morgan fingerprint density at radius 1 is 1.00 bits per heavy atom. The lowest BCUT2D eigenvalue weighted by atomic mass is 10.2. The van der Waals surface area contributed by atoms with Gasteiger partial charge in [0, 0.05) is 5.02 Å². The van der Waals surface area contributed by atoms with Crippen molar-refractivity contribution in [3.05, 3.63) is 59.6 Å². The first-order valence-electron chi connectivity index (χ1n) is 7.44. The van der Waals surface area contributed by atoms with Crippen LogP contribution in [0.25, 0.3) is 0 Å². The summed E-state index contributed by atoms with van der Waals surface area (Å²) < 4.78 is 51.1. The van der Waals surface area contributed by atoms with E-state index in [0.717, 1.165) is 4.31 Å². The van der Waals surface area contributed by atoms with Crippen LogP contribution >= 0.6 is 11.6 Å². The number of aliphatic hydroxyl groups is 1. The molecule has 3 rings (SSSR count). The number of sulfone groups is 1. The molecule has 134 valence electrons. The molecule has 1 saturated heterocycles. The maximum absolute atomic E-state index is 13.2. The predicted octanol–water partition coefficient (Wildman–Crippen LogP) is 1.69. The molecule has 1 N–H and O–H groups in total. The van der Waals surface area contributed by atoms with Crippen LogP contribution in [0.4, 0.5) is 5.69 Å². The minimum atomic E-state index is -4.09. The number of benzene rings is 2. The van der Waals surface area contributed by atoms with E-state index in [1.807, 2.05) is 0 Å². The summed E-state index contributed by atoms with van der Waals surface area (Å²) in [5.74, 6) is -0.896. The van der Waals surface area contributed by atoms with Crippen molar-refractivity contribution < 1.29 is 21.9 Å². The Hall–Kier alpha value is -1.61. The number of halogens is 1. The van der Waals surface area contributed by atoms with Crippen LogP contribution in [0.5, 0.6) is 0 Å². The number of aliphatic hydroxyl groups excluding tert-OH is 1. The maximum atomic E-state index is 13.2. The molecule has 2 atom stereocenters. The molecule has 1 heterocycles. The molecule has 25 heavy (non-hydrogen) atoms. The molecule has 0 aliphatic carbocycles. The maximum Gasteiger partial charge on any atom is 0.264 e. The van der Waals surface area contributed by atoms with E-state index in [1.54, 1.807) is 30.3 Å². The van der Waals surface area contributed by atoms with Gasteiger partial charge in [0.1, 0.15) is 0 Å². The highest BCUT2D eigenvalue weighted by molar-refractivity contribution is 7.93. The zero-order valence-electron chi connectivity index (χ0n) is 13.0. The number of rotatable bonds is 4. The third-order valence-corrected chi connectivity index (χ3v) is 7.79. The topological polar surface area (TPSA) is 91.8 Å². The number of sulfonamides is 1. The highest BCUT2D eigenvalue weighted by atomic mass is 35.5. The van der Waals surface area contributed by atoms with Gasteiger partial charge in [-0.05, 0) is 36.4 Å². The van der Waals surface area contributed by atoms with Crippen molar-refractivity contribution in [3.8, 4) is 0 Å². The minimum absolute atomic E-state index is 0.0303. The molecule has 1 aliphatic heterocycles. The fourth-order valence-electron chi connectivity index (χ4n) is 2.84. The lowest BCUT2D eigenvalue weighted by Gasteiger charge is -2.31. The van der Waals surface area contributed by atoms with Gasteiger partial charge in [-0.3, -0.25) is 4.31 Å². The quantitative estimate of drug-likeness (QED) is 0.841. The van der Waals surface area contributed by atoms with Gasteiger partial charge in [-0.2, -0.15) is 0 Å². The van der Waals surface area contributed by atoms with Gasteiger partial charge in [0.05, 0.1) is 34.2 Å². The lowest BCUT2D eigenvalue weighted by molar-refractivity contribution is 0.184. The minimum Gasteiger partial charge on any atom is -0.390 e. The van der Waals surface area contributed by atoms with Crippen molar-refractivity contribution in [1.82, 2.24) is 0 Å². The Kier molecular flexibility index (Phi) is 4.80. The summed E-state index contributed by atoms with van der Waals surface area (Å²) >= 11 is 5.82. The molecule has 0 amide bonds. The van der Waals surface area contributed by atoms with Crippen LogP contribution in [0, 0.1) is 0 Å². The van der Waals surface area contributed by atoms with Crippen LogP contribution in [0.15, 0.2) is 59.5 Å². The summed E-state index contributed by atoms with van der Waals surface area (Å²) in [4.78, 5) is -0.0303. The summed E-state index contributed by atoms with van der Waals surface area (Å²) in [6.07, 6.45) is -1.30. The SMILES string of the molecule is O=S1(=O)C[C@@H](N(c2ccccc2)S(=O)(=O)c2ccc(Cl)cc2)[C@@H](O)C1. The van der Waals surface area contributed by atoms with Crippen molar-refractivity contribution in [1.29, 1.82) is 0 Å². The van der Waals surface area contributed by atoms with E-state index in [4.69, 9.17) is 11.6 Å². The average Bonchev–Trinajstić information content (AvgIpc) is 2.81.